The van der Waals surface area contributed by atoms with Crippen LogP contribution in [0, 0.1) is 0 Å². The van der Waals surface area contributed by atoms with E-state index < -0.39 is 0 Å². The van der Waals surface area contributed by atoms with Crippen LogP contribution < -0.4 is 0 Å². The maximum atomic E-state index is 9.27. The summed E-state index contributed by atoms with van der Waals surface area (Å²) in [5.74, 6) is 1.26. The zero-order valence-corrected chi connectivity index (χ0v) is 15.0. The van der Waals surface area contributed by atoms with Crippen molar-refractivity contribution in [3.8, 4) is 11.5 Å². The third kappa shape index (κ3) is 5.97. The molecule has 0 heterocycles. The summed E-state index contributed by atoms with van der Waals surface area (Å²) < 4.78 is 0. The van der Waals surface area contributed by atoms with Crippen LogP contribution in [0.25, 0.3) is 0 Å². The molecule has 0 spiro atoms. The number of aromatic hydroxyl groups is 2. The Balaban J connectivity index is 0.000000231. The lowest BCUT2D eigenvalue weighted by Gasteiger charge is -2.23. The molecule has 0 aliphatic rings. The van der Waals surface area contributed by atoms with E-state index in [2.05, 4.69) is 40.7 Å². The third-order valence-electron chi connectivity index (χ3n) is 4.56. The quantitative estimate of drug-likeness (QED) is 0.728. The van der Waals surface area contributed by atoms with Crippen LogP contribution >= 0.6 is 0 Å². The van der Waals surface area contributed by atoms with Gasteiger partial charge < -0.3 is 10.2 Å². The van der Waals surface area contributed by atoms with Crippen molar-refractivity contribution in [3.05, 3.63) is 59.7 Å². The number of phenolic OH excluding ortho intramolecular Hbond substituents is 2. The first kappa shape index (κ1) is 19.1. The Morgan fingerprint density at radius 1 is 0.913 bits per heavy atom. The van der Waals surface area contributed by atoms with Crippen molar-refractivity contribution in [1.29, 1.82) is 0 Å². The van der Waals surface area contributed by atoms with Crippen molar-refractivity contribution in [2.45, 2.75) is 58.8 Å². The van der Waals surface area contributed by atoms with Crippen LogP contribution in [0.2, 0.25) is 0 Å². The lowest BCUT2D eigenvalue weighted by atomic mass is 9.82. The third-order valence-corrected chi connectivity index (χ3v) is 4.56. The maximum Gasteiger partial charge on any atom is 0.115 e. The van der Waals surface area contributed by atoms with E-state index in [4.69, 9.17) is 5.11 Å². The van der Waals surface area contributed by atoms with E-state index in [1.54, 1.807) is 12.1 Å². The molecule has 0 saturated heterocycles. The summed E-state index contributed by atoms with van der Waals surface area (Å²) in [4.78, 5) is 0. The summed E-state index contributed by atoms with van der Waals surface area (Å²) in [5, 5.41) is 18.4. The largest absolute Gasteiger partial charge is 0.508 e. The highest BCUT2D eigenvalue weighted by atomic mass is 16.3. The molecule has 23 heavy (non-hydrogen) atoms. The number of hydrogen-bond donors (Lipinski definition) is 2. The zero-order chi connectivity index (χ0) is 17.5. The van der Waals surface area contributed by atoms with E-state index in [0.29, 0.717) is 17.4 Å². The van der Waals surface area contributed by atoms with Crippen molar-refractivity contribution in [2.75, 3.05) is 0 Å². The summed E-state index contributed by atoms with van der Waals surface area (Å²) >= 11 is 0. The molecule has 0 bridgehead atoms. The predicted octanol–water partition coefficient (Wildman–Crippen LogP) is 5.99. The Hall–Kier alpha value is -1.96. The van der Waals surface area contributed by atoms with Crippen LogP contribution in [0.3, 0.4) is 0 Å². The molecule has 2 rings (SSSR count). The van der Waals surface area contributed by atoms with Gasteiger partial charge in [-0.15, -0.1) is 0 Å². The van der Waals surface area contributed by atoms with Gasteiger partial charge in [-0.1, -0.05) is 58.9 Å². The van der Waals surface area contributed by atoms with Crippen LogP contribution in [0.5, 0.6) is 11.5 Å². The summed E-state index contributed by atoms with van der Waals surface area (Å²) in [6, 6.07) is 15.0. The molecule has 0 saturated carbocycles. The van der Waals surface area contributed by atoms with Gasteiger partial charge in [0.05, 0.1) is 0 Å². The lowest BCUT2D eigenvalue weighted by molar-refractivity contribution is 0.464. The van der Waals surface area contributed by atoms with Gasteiger partial charge in [-0.3, -0.25) is 0 Å². The van der Waals surface area contributed by atoms with E-state index in [1.807, 2.05) is 30.3 Å². The fraction of sp³-hybridized carbons (Fsp3) is 0.429. The minimum absolute atomic E-state index is 0.165. The molecule has 2 aromatic rings. The molecule has 2 aromatic carbocycles. The molecule has 1 unspecified atom stereocenters. The standard InChI is InChI=1S/C11H16O.C10H14O/c1-4-11(2,3)9-6-5-7-10(12)8-9;1-3-8(2)9-5-4-6-10(11)7-9/h5-8,12H,4H2,1-3H3;4-8,11H,3H2,1-2H3. The molecule has 0 aliphatic heterocycles. The van der Waals surface area contributed by atoms with Crippen LogP contribution in [-0.2, 0) is 5.41 Å². The molecule has 2 heteroatoms. The second kappa shape index (κ2) is 8.61. The molecule has 0 fully saturated rings. The fourth-order valence-electron chi connectivity index (χ4n) is 2.20. The molecule has 0 aromatic heterocycles. The summed E-state index contributed by atoms with van der Waals surface area (Å²) in [6.07, 6.45) is 2.19. The van der Waals surface area contributed by atoms with Crippen molar-refractivity contribution in [3.63, 3.8) is 0 Å². The van der Waals surface area contributed by atoms with E-state index >= 15 is 0 Å². The summed E-state index contributed by atoms with van der Waals surface area (Å²) in [7, 11) is 0. The average molecular weight is 314 g/mol. The van der Waals surface area contributed by atoms with Gasteiger partial charge in [0.1, 0.15) is 11.5 Å². The molecule has 2 nitrogen and oxygen atoms in total. The molecule has 0 amide bonds. The van der Waals surface area contributed by atoms with Crippen LogP contribution in [0.15, 0.2) is 48.5 Å². The smallest absolute Gasteiger partial charge is 0.115 e. The highest BCUT2D eigenvalue weighted by molar-refractivity contribution is 5.32. The highest BCUT2D eigenvalue weighted by Gasteiger charge is 2.17. The van der Waals surface area contributed by atoms with Gasteiger partial charge in [-0.2, -0.15) is 0 Å². The Bertz CT molecular complexity index is 602. The fourth-order valence-corrected chi connectivity index (χ4v) is 2.20. The first-order chi connectivity index (χ1) is 10.8. The highest BCUT2D eigenvalue weighted by Crippen LogP contribution is 2.28. The number of benzene rings is 2. The maximum absolute atomic E-state index is 9.27. The van der Waals surface area contributed by atoms with Crippen molar-refractivity contribution in [1.82, 2.24) is 0 Å². The number of rotatable bonds is 4. The molecule has 1 atom stereocenters. The van der Waals surface area contributed by atoms with Crippen molar-refractivity contribution in [2.24, 2.45) is 0 Å². The number of phenols is 2. The zero-order valence-electron chi connectivity index (χ0n) is 15.0. The first-order valence-corrected chi connectivity index (χ1v) is 8.38. The Morgan fingerprint density at radius 2 is 1.48 bits per heavy atom. The van der Waals surface area contributed by atoms with Gasteiger partial charge in [0, 0.05) is 0 Å². The molecular weight excluding hydrogens is 284 g/mol. The average Bonchev–Trinajstić information content (AvgIpc) is 2.54. The van der Waals surface area contributed by atoms with Crippen LogP contribution in [-0.4, -0.2) is 10.2 Å². The van der Waals surface area contributed by atoms with Crippen molar-refractivity contribution < 1.29 is 10.2 Å². The summed E-state index contributed by atoms with van der Waals surface area (Å²) in [5.41, 5.74) is 2.58. The molecule has 0 aliphatic carbocycles. The van der Waals surface area contributed by atoms with E-state index in [0.717, 1.165) is 12.8 Å². The molecule has 0 radical (unpaired) electrons. The van der Waals surface area contributed by atoms with Gasteiger partial charge in [-0.05, 0) is 59.6 Å². The topological polar surface area (TPSA) is 40.5 Å². The van der Waals surface area contributed by atoms with Crippen LogP contribution in [0.1, 0.15) is 64.5 Å². The Labute approximate surface area is 140 Å². The molecule has 2 N–H and O–H groups in total. The van der Waals surface area contributed by atoms with Gasteiger partial charge in [0.2, 0.25) is 0 Å². The van der Waals surface area contributed by atoms with Gasteiger partial charge in [0.25, 0.3) is 0 Å². The minimum atomic E-state index is 0.165. The minimum Gasteiger partial charge on any atom is -0.508 e. The monoisotopic (exact) mass is 314 g/mol. The second-order valence-corrected chi connectivity index (χ2v) is 6.69. The van der Waals surface area contributed by atoms with Gasteiger partial charge in [0.15, 0.2) is 0 Å². The number of hydrogen-bond acceptors (Lipinski definition) is 2. The van der Waals surface area contributed by atoms with E-state index in [1.165, 1.54) is 11.1 Å². The predicted molar refractivity (Wildman–Crippen MR) is 98.2 cm³/mol. The first-order valence-electron chi connectivity index (χ1n) is 8.38. The Morgan fingerprint density at radius 3 is 1.96 bits per heavy atom. The van der Waals surface area contributed by atoms with Crippen molar-refractivity contribution >= 4 is 0 Å². The Kier molecular flexibility index (Phi) is 7.15. The van der Waals surface area contributed by atoms with Crippen LogP contribution in [0.4, 0.5) is 0 Å². The molecular formula is C21H30O2. The summed E-state index contributed by atoms with van der Waals surface area (Å²) in [6.45, 7) is 10.8. The van der Waals surface area contributed by atoms with E-state index in [9.17, 15) is 5.11 Å². The van der Waals surface area contributed by atoms with E-state index in [-0.39, 0.29) is 5.41 Å². The second-order valence-electron chi connectivity index (χ2n) is 6.69. The lowest BCUT2D eigenvalue weighted by Crippen LogP contribution is -2.14. The SMILES string of the molecule is CCC(C)(C)c1cccc(O)c1.CCC(C)c1cccc(O)c1. The van der Waals surface area contributed by atoms with Gasteiger partial charge >= 0.3 is 0 Å². The molecule has 126 valence electrons. The normalized spacial score (nSPS) is 12.2. The van der Waals surface area contributed by atoms with Gasteiger partial charge in [-0.25, -0.2) is 0 Å².